The van der Waals surface area contributed by atoms with Crippen LogP contribution in [0.1, 0.15) is 79.6 Å². The molecule has 0 rings (SSSR count). The average molecular weight is 351 g/mol. The summed E-state index contributed by atoms with van der Waals surface area (Å²) in [5, 5.41) is 0. The lowest BCUT2D eigenvalue weighted by atomic mass is 10.1. The van der Waals surface area contributed by atoms with Gasteiger partial charge in [0.05, 0.1) is 0 Å². The molecule has 0 N–H and O–H groups in total. The molecule has 5 heteroatoms. The lowest BCUT2D eigenvalue weighted by molar-refractivity contribution is 0.109. The summed E-state index contributed by atoms with van der Waals surface area (Å²) in [5.74, 6) is 0. The highest BCUT2D eigenvalue weighted by molar-refractivity contribution is 7.94. The van der Waals surface area contributed by atoms with Crippen molar-refractivity contribution in [1.82, 2.24) is 0 Å². The largest absolute Gasteiger partial charge is 0.392 e. The Morgan fingerprint density at radius 1 is 0.909 bits per heavy atom. The van der Waals surface area contributed by atoms with Crippen LogP contribution in [-0.2, 0) is 13.6 Å². The molecule has 0 atom stereocenters. The van der Waals surface area contributed by atoms with Gasteiger partial charge in [0.2, 0.25) is 0 Å². The third-order valence-corrected chi connectivity index (χ3v) is 6.41. The van der Waals surface area contributed by atoms with Gasteiger partial charge < -0.3 is 8.85 Å². The Labute approximate surface area is 145 Å². The molecule has 0 radical (unpaired) electrons. The standard InChI is InChI=1S/C16H36O2Si.CH2OS/c1-7-8-9-10-11-12-13-14-19(6,17-15(2)3)18-16(4)5;2-1-3/h15-16H,7-14H2,1-6H3;1H,(H,2,3). The predicted molar refractivity (Wildman–Crippen MR) is 103 cm³/mol. The number of carbonyl (C=O) groups is 1. The minimum Gasteiger partial charge on any atom is -0.392 e. The highest BCUT2D eigenvalue weighted by atomic mass is 32.1. The average Bonchev–Trinajstić information content (AvgIpc) is 2.36. The van der Waals surface area contributed by atoms with Crippen molar-refractivity contribution in [1.29, 1.82) is 0 Å². The molecule has 0 aromatic rings. The SMILES string of the molecule is CCCCCCCCC[Si](C)(OC(C)C)OC(C)C.O=CS. The lowest BCUT2D eigenvalue weighted by Gasteiger charge is -2.31. The minimum absolute atomic E-state index is 0.278. The first kappa shape index (κ1) is 24.4. The molecule has 0 spiro atoms. The van der Waals surface area contributed by atoms with Gasteiger partial charge in [-0.05, 0) is 40.3 Å². The van der Waals surface area contributed by atoms with Gasteiger partial charge in [-0.2, -0.15) is 0 Å². The van der Waals surface area contributed by atoms with Crippen LogP contribution in [0.4, 0.5) is 0 Å². The molecule has 0 saturated carbocycles. The molecule has 0 saturated heterocycles. The highest BCUT2D eigenvalue weighted by Crippen LogP contribution is 2.22. The van der Waals surface area contributed by atoms with Crippen molar-refractivity contribution in [2.75, 3.05) is 0 Å². The molecule has 0 aliphatic rings. The van der Waals surface area contributed by atoms with E-state index in [1.807, 2.05) is 0 Å². The van der Waals surface area contributed by atoms with Gasteiger partial charge in [-0.25, -0.2) is 0 Å². The topological polar surface area (TPSA) is 35.5 Å². The van der Waals surface area contributed by atoms with Gasteiger partial charge in [0, 0.05) is 12.2 Å². The first-order valence-electron chi connectivity index (χ1n) is 8.74. The van der Waals surface area contributed by atoms with Crippen LogP contribution >= 0.6 is 12.6 Å². The van der Waals surface area contributed by atoms with Crippen molar-refractivity contribution in [2.24, 2.45) is 0 Å². The van der Waals surface area contributed by atoms with E-state index in [0.29, 0.717) is 5.62 Å². The van der Waals surface area contributed by atoms with Crippen LogP contribution in [-0.4, -0.2) is 26.4 Å². The summed E-state index contributed by atoms with van der Waals surface area (Å²) >= 11 is 3.11. The Morgan fingerprint density at radius 2 is 1.27 bits per heavy atom. The minimum atomic E-state index is -1.95. The van der Waals surface area contributed by atoms with Crippen LogP contribution in [0, 0.1) is 0 Å². The number of unbranched alkanes of at least 4 members (excludes halogenated alkanes) is 6. The van der Waals surface area contributed by atoms with Gasteiger partial charge in [-0.3, -0.25) is 4.79 Å². The van der Waals surface area contributed by atoms with Gasteiger partial charge >= 0.3 is 8.56 Å². The number of hydrogen-bond donors (Lipinski definition) is 1. The van der Waals surface area contributed by atoms with E-state index in [-0.39, 0.29) is 12.2 Å². The Kier molecular flexibility index (Phi) is 17.8. The summed E-state index contributed by atoms with van der Waals surface area (Å²) in [5.41, 5.74) is 0.444. The molecular formula is C17H38O3SSi. The number of thiol groups is 1. The summed E-state index contributed by atoms with van der Waals surface area (Å²) < 4.78 is 12.2. The summed E-state index contributed by atoms with van der Waals surface area (Å²) in [7, 11) is -1.95. The van der Waals surface area contributed by atoms with Crippen LogP contribution in [0.15, 0.2) is 0 Å². The summed E-state index contributed by atoms with van der Waals surface area (Å²) in [6.07, 6.45) is 10.0. The first-order chi connectivity index (χ1) is 10.3. The van der Waals surface area contributed by atoms with E-state index in [1.54, 1.807) is 0 Å². The Hall–Kier alpha value is 0.157. The monoisotopic (exact) mass is 350 g/mol. The van der Waals surface area contributed by atoms with Crippen LogP contribution in [0.5, 0.6) is 0 Å². The molecule has 0 bridgehead atoms. The second-order valence-electron chi connectivity index (χ2n) is 6.44. The zero-order valence-corrected chi connectivity index (χ0v) is 17.5. The Balaban J connectivity index is 0. The summed E-state index contributed by atoms with van der Waals surface area (Å²) in [6, 6.07) is 1.14. The molecule has 0 fully saturated rings. The van der Waals surface area contributed by atoms with Crippen LogP contribution < -0.4 is 0 Å². The summed E-state index contributed by atoms with van der Waals surface area (Å²) in [4.78, 5) is 8.67. The zero-order chi connectivity index (χ0) is 17.4. The van der Waals surface area contributed by atoms with E-state index in [9.17, 15) is 0 Å². The fraction of sp³-hybridized carbons (Fsp3) is 0.941. The van der Waals surface area contributed by atoms with Gasteiger partial charge in [-0.15, -0.1) is 12.6 Å². The van der Waals surface area contributed by atoms with Crippen molar-refractivity contribution in [2.45, 2.75) is 104 Å². The molecule has 0 amide bonds. The van der Waals surface area contributed by atoms with Crippen LogP contribution in [0.3, 0.4) is 0 Å². The maximum Gasteiger partial charge on any atom is 0.335 e. The van der Waals surface area contributed by atoms with E-state index in [1.165, 1.54) is 44.9 Å². The molecule has 0 aliphatic carbocycles. The molecular weight excluding hydrogens is 312 g/mol. The molecule has 0 heterocycles. The van der Waals surface area contributed by atoms with Crippen LogP contribution in [0.2, 0.25) is 12.6 Å². The van der Waals surface area contributed by atoms with E-state index in [0.717, 1.165) is 6.04 Å². The number of hydrogen-bond acceptors (Lipinski definition) is 3. The maximum atomic E-state index is 8.67. The van der Waals surface area contributed by atoms with Crippen molar-refractivity contribution < 1.29 is 13.6 Å². The van der Waals surface area contributed by atoms with Gasteiger partial charge in [0.1, 0.15) is 0 Å². The third-order valence-electron chi connectivity index (χ3n) is 3.20. The normalized spacial score (nSPS) is 11.5. The molecule has 0 aliphatic heterocycles. The maximum absolute atomic E-state index is 8.67. The molecule has 22 heavy (non-hydrogen) atoms. The molecule has 3 nitrogen and oxygen atoms in total. The molecule has 0 aromatic carbocycles. The Bertz CT molecular complexity index is 238. The van der Waals surface area contributed by atoms with E-state index < -0.39 is 8.56 Å². The molecule has 0 unspecified atom stereocenters. The zero-order valence-electron chi connectivity index (χ0n) is 15.6. The van der Waals surface area contributed by atoms with Crippen molar-refractivity contribution >= 4 is 26.8 Å². The van der Waals surface area contributed by atoms with Crippen molar-refractivity contribution in [3.63, 3.8) is 0 Å². The summed E-state index contributed by atoms with van der Waals surface area (Å²) in [6.45, 7) is 12.9. The predicted octanol–water partition coefficient (Wildman–Crippen LogP) is 5.77. The van der Waals surface area contributed by atoms with E-state index >= 15 is 0 Å². The highest BCUT2D eigenvalue weighted by Gasteiger charge is 2.33. The van der Waals surface area contributed by atoms with Gasteiger partial charge in [-0.1, -0.05) is 51.9 Å². The van der Waals surface area contributed by atoms with Crippen LogP contribution in [0.25, 0.3) is 0 Å². The van der Waals surface area contributed by atoms with Crippen molar-refractivity contribution in [3.05, 3.63) is 0 Å². The quantitative estimate of drug-likeness (QED) is 0.210. The molecule has 134 valence electrons. The fourth-order valence-electron chi connectivity index (χ4n) is 2.55. The van der Waals surface area contributed by atoms with Gasteiger partial charge in [0.25, 0.3) is 0 Å². The second kappa shape index (κ2) is 16.0. The number of carbonyl (C=O) groups excluding carboxylic acids is 1. The fourth-order valence-corrected chi connectivity index (χ4v) is 5.72. The smallest absolute Gasteiger partial charge is 0.335 e. The van der Waals surface area contributed by atoms with Gasteiger partial charge in [0.15, 0.2) is 5.62 Å². The first-order valence-corrected chi connectivity index (χ1v) is 11.8. The van der Waals surface area contributed by atoms with Crippen molar-refractivity contribution in [3.8, 4) is 0 Å². The third kappa shape index (κ3) is 18.2. The lowest BCUT2D eigenvalue weighted by Crippen LogP contribution is -2.42. The second-order valence-corrected chi connectivity index (χ2v) is 9.89. The Morgan fingerprint density at radius 3 is 1.64 bits per heavy atom. The van der Waals surface area contributed by atoms with E-state index in [4.69, 9.17) is 13.6 Å². The van der Waals surface area contributed by atoms with E-state index in [2.05, 4.69) is 53.8 Å². The molecule has 0 aromatic heterocycles. The number of rotatable bonds is 12.